The number of carboxylic acid groups (broad SMARTS) is 2. The van der Waals surface area contributed by atoms with Crippen LogP contribution in [0.25, 0.3) is 0 Å². The Morgan fingerprint density at radius 1 is 1.05 bits per heavy atom. The van der Waals surface area contributed by atoms with Crippen molar-refractivity contribution in [1.29, 1.82) is 0 Å². The number of nitrogens with two attached hydrogens (primary N) is 2. The van der Waals surface area contributed by atoms with E-state index in [4.69, 9.17) is 11.5 Å². The fourth-order valence-corrected chi connectivity index (χ4v) is 2.77. The fourth-order valence-electron chi connectivity index (χ4n) is 2.77. The van der Waals surface area contributed by atoms with Gasteiger partial charge in [0.1, 0.15) is 0 Å². The molecular weight excluding hydrogens is 272 g/mol. The molecule has 0 spiro atoms. The van der Waals surface area contributed by atoms with Crippen LogP contribution >= 0.6 is 0 Å². The fraction of sp³-hybridized carbons (Fsp3) is 0.600. The van der Waals surface area contributed by atoms with Crippen LogP contribution < -0.4 is 32.3 Å². The average Bonchev–Trinajstić information content (AvgIpc) is 2.24. The Balaban J connectivity index is 3.32. The van der Waals surface area contributed by atoms with Gasteiger partial charge in [0.25, 0.3) is 0 Å². The summed E-state index contributed by atoms with van der Waals surface area (Å²) in [5.74, 6) is -4.88. The second-order valence-corrected chi connectivity index (χ2v) is 4.96. The molecule has 0 aromatic carbocycles. The molecule has 6 N–H and O–H groups in total. The zero-order chi connectivity index (χ0) is 15.9. The van der Waals surface area contributed by atoms with E-state index < -0.39 is 46.9 Å². The summed E-state index contributed by atoms with van der Waals surface area (Å²) in [7, 11) is 0. The van der Waals surface area contributed by atoms with Crippen LogP contribution in [-0.4, -0.2) is 35.6 Å². The number of carbonyl (C=O) groups is 4. The third kappa shape index (κ3) is 1.89. The number of rotatable bonds is 4. The highest BCUT2D eigenvalue weighted by Gasteiger charge is 2.69. The molecule has 0 bridgehead atoms. The van der Waals surface area contributed by atoms with Crippen molar-refractivity contribution < 1.29 is 29.4 Å². The first kappa shape index (κ1) is 15.5. The maximum atomic E-state index is 11.4. The lowest BCUT2D eigenvalue weighted by atomic mass is 9.46. The van der Waals surface area contributed by atoms with Gasteiger partial charge in [0.15, 0.2) is 0 Å². The van der Waals surface area contributed by atoms with E-state index in [2.05, 4.69) is 5.32 Å². The van der Waals surface area contributed by atoms with Crippen LogP contribution in [0.1, 0.15) is 13.8 Å². The molecular formula is C10H14N4O6-2. The minimum atomic E-state index is -1.93. The molecule has 0 heterocycles. The summed E-state index contributed by atoms with van der Waals surface area (Å²) in [6.07, 6.45) is 0. The molecule has 0 radical (unpaired) electrons. The number of urea groups is 2. The first-order valence-corrected chi connectivity index (χ1v) is 5.54. The Bertz CT molecular complexity index is 494. The minimum Gasteiger partial charge on any atom is -0.550 e. The SMILES string of the molecule is C[C@]1(NC(N)=O)[C@@H](C(=O)[O-])[C@H](NC(N)=O)[C@]1(C)C(=O)[O-]. The van der Waals surface area contributed by atoms with Crippen LogP contribution in [0.15, 0.2) is 0 Å². The number of primary amides is 2. The third-order valence-corrected chi connectivity index (χ3v) is 4.01. The molecule has 0 aromatic rings. The predicted octanol–water partition coefficient (Wildman–Crippen LogP) is -4.41. The zero-order valence-electron chi connectivity index (χ0n) is 10.8. The van der Waals surface area contributed by atoms with Crippen molar-refractivity contribution in [3.05, 3.63) is 0 Å². The highest BCUT2D eigenvalue weighted by atomic mass is 16.4. The van der Waals surface area contributed by atoms with Crippen molar-refractivity contribution in [3.63, 3.8) is 0 Å². The summed E-state index contributed by atoms with van der Waals surface area (Å²) in [5.41, 5.74) is 6.09. The number of hydrogen-bond acceptors (Lipinski definition) is 6. The van der Waals surface area contributed by atoms with E-state index in [1.165, 1.54) is 0 Å². The number of carbonyl (C=O) groups excluding carboxylic acids is 4. The quantitative estimate of drug-likeness (QED) is 0.403. The Morgan fingerprint density at radius 2 is 1.55 bits per heavy atom. The van der Waals surface area contributed by atoms with Gasteiger partial charge in [0.05, 0.1) is 23.0 Å². The largest absolute Gasteiger partial charge is 0.550 e. The average molecular weight is 286 g/mol. The number of amides is 4. The van der Waals surface area contributed by atoms with E-state index >= 15 is 0 Å². The van der Waals surface area contributed by atoms with E-state index in [0.717, 1.165) is 13.8 Å². The maximum Gasteiger partial charge on any atom is 0.312 e. The molecule has 1 aliphatic carbocycles. The number of carboxylic acids is 2. The Morgan fingerprint density at radius 3 is 1.85 bits per heavy atom. The van der Waals surface area contributed by atoms with Crippen molar-refractivity contribution in [3.8, 4) is 0 Å². The molecule has 0 unspecified atom stereocenters. The van der Waals surface area contributed by atoms with Gasteiger partial charge in [-0.1, -0.05) is 6.92 Å². The lowest BCUT2D eigenvalue weighted by Crippen LogP contribution is -2.87. The van der Waals surface area contributed by atoms with Crippen LogP contribution in [0.5, 0.6) is 0 Å². The molecule has 1 saturated carbocycles. The molecule has 112 valence electrons. The second-order valence-electron chi connectivity index (χ2n) is 4.96. The zero-order valence-corrected chi connectivity index (χ0v) is 10.8. The van der Waals surface area contributed by atoms with Crippen LogP contribution in [0.4, 0.5) is 9.59 Å². The molecule has 10 nitrogen and oxygen atoms in total. The molecule has 4 atom stereocenters. The van der Waals surface area contributed by atoms with Gasteiger partial charge < -0.3 is 41.9 Å². The first-order valence-electron chi connectivity index (χ1n) is 5.54. The van der Waals surface area contributed by atoms with E-state index in [1.807, 2.05) is 5.32 Å². The summed E-state index contributed by atoms with van der Waals surface area (Å²) in [6.45, 7) is 2.27. The van der Waals surface area contributed by atoms with Gasteiger partial charge in [0.2, 0.25) is 0 Å². The first-order chi connectivity index (χ1) is 8.98. The Kier molecular flexibility index (Phi) is 3.53. The van der Waals surface area contributed by atoms with Crippen LogP contribution in [-0.2, 0) is 9.59 Å². The van der Waals surface area contributed by atoms with E-state index in [9.17, 15) is 29.4 Å². The van der Waals surface area contributed by atoms with E-state index in [-0.39, 0.29) is 0 Å². The molecule has 0 saturated heterocycles. The van der Waals surface area contributed by atoms with Crippen LogP contribution in [0.2, 0.25) is 0 Å². The smallest absolute Gasteiger partial charge is 0.312 e. The van der Waals surface area contributed by atoms with Gasteiger partial charge >= 0.3 is 12.1 Å². The molecule has 0 aliphatic heterocycles. The van der Waals surface area contributed by atoms with Crippen molar-refractivity contribution >= 4 is 24.0 Å². The maximum absolute atomic E-state index is 11.4. The standard InChI is InChI=1S/C10H16N4O6/c1-9(6(17)18)4(13-7(11)19)3(5(15)16)10(9,2)14-8(12)20/h3-4H,1-2H3,(H,15,16)(H,17,18)(H3,11,13,19)(H3,12,14,20)/p-2/t3-,4+,9-,10+/m1/s1. The lowest BCUT2D eigenvalue weighted by molar-refractivity contribution is -0.345. The summed E-state index contributed by atoms with van der Waals surface area (Å²) in [4.78, 5) is 44.4. The molecule has 10 heteroatoms. The lowest BCUT2D eigenvalue weighted by Gasteiger charge is -2.66. The molecule has 4 amide bonds. The van der Waals surface area contributed by atoms with Crippen molar-refractivity contribution in [2.45, 2.75) is 25.4 Å². The third-order valence-electron chi connectivity index (χ3n) is 4.01. The minimum absolute atomic E-state index is 1.11. The monoisotopic (exact) mass is 286 g/mol. The van der Waals surface area contributed by atoms with Gasteiger partial charge in [-0.3, -0.25) is 0 Å². The van der Waals surface area contributed by atoms with E-state index in [1.54, 1.807) is 0 Å². The molecule has 20 heavy (non-hydrogen) atoms. The van der Waals surface area contributed by atoms with Crippen molar-refractivity contribution in [2.75, 3.05) is 0 Å². The van der Waals surface area contributed by atoms with Crippen LogP contribution in [0.3, 0.4) is 0 Å². The summed E-state index contributed by atoms with van der Waals surface area (Å²) < 4.78 is 0. The highest BCUT2D eigenvalue weighted by molar-refractivity contribution is 5.89. The van der Waals surface area contributed by atoms with Gasteiger partial charge in [-0.15, -0.1) is 0 Å². The topological polar surface area (TPSA) is 190 Å². The summed E-state index contributed by atoms with van der Waals surface area (Å²) in [6, 6.07) is -3.65. The molecule has 1 aliphatic rings. The number of hydrogen-bond donors (Lipinski definition) is 4. The second kappa shape index (κ2) is 4.54. The highest BCUT2D eigenvalue weighted by Crippen LogP contribution is 2.53. The van der Waals surface area contributed by atoms with E-state index in [0.29, 0.717) is 0 Å². The number of nitrogens with one attached hydrogen (secondary N) is 2. The normalized spacial score (nSPS) is 35.5. The number of aliphatic carboxylic acids is 2. The predicted molar refractivity (Wildman–Crippen MR) is 59.2 cm³/mol. The van der Waals surface area contributed by atoms with Crippen molar-refractivity contribution in [1.82, 2.24) is 10.6 Å². The summed E-state index contributed by atoms with van der Waals surface area (Å²) in [5, 5.41) is 26.6. The van der Waals surface area contributed by atoms with Crippen LogP contribution in [0, 0.1) is 11.3 Å². The Hall–Kier alpha value is -2.52. The van der Waals surface area contributed by atoms with Crippen molar-refractivity contribution in [2.24, 2.45) is 22.8 Å². The molecule has 1 fully saturated rings. The van der Waals surface area contributed by atoms with Gasteiger partial charge in [-0.05, 0) is 6.92 Å². The summed E-state index contributed by atoms with van der Waals surface area (Å²) >= 11 is 0. The van der Waals surface area contributed by atoms with Gasteiger partial charge in [-0.25, -0.2) is 9.59 Å². The molecule has 0 aromatic heterocycles. The molecule has 1 rings (SSSR count). The Labute approximate surface area is 113 Å². The van der Waals surface area contributed by atoms with Gasteiger partial charge in [0, 0.05) is 11.9 Å². The van der Waals surface area contributed by atoms with Gasteiger partial charge in [-0.2, -0.15) is 0 Å².